The second-order valence-electron chi connectivity index (χ2n) is 5.25. The average molecular weight is 279 g/mol. The standard InChI is InChI=1S/C15H18FNO3/c16-13-5-3-11(4-6-13)8-14(18)17-7-1-2-12(10-17)9-15(19)20/h3-6,12H,1-2,7-10H2,(H,19,20). The number of carboxylic acids is 1. The van der Waals surface area contributed by atoms with Crippen molar-refractivity contribution in [1.29, 1.82) is 0 Å². The van der Waals surface area contributed by atoms with Crippen molar-refractivity contribution in [3.8, 4) is 0 Å². The van der Waals surface area contributed by atoms with Gasteiger partial charge in [-0.25, -0.2) is 4.39 Å². The van der Waals surface area contributed by atoms with E-state index in [0.29, 0.717) is 13.1 Å². The number of carbonyl (C=O) groups is 2. The molecule has 0 bridgehead atoms. The van der Waals surface area contributed by atoms with Gasteiger partial charge in [0.05, 0.1) is 6.42 Å². The Kier molecular flexibility index (Phi) is 4.71. The molecule has 0 aromatic heterocycles. The lowest BCUT2D eigenvalue weighted by Crippen LogP contribution is -2.41. The molecule has 1 N–H and O–H groups in total. The van der Waals surface area contributed by atoms with Crippen LogP contribution in [0, 0.1) is 11.7 Å². The van der Waals surface area contributed by atoms with Crippen molar-refractivity contribution in [2.24, 2.45) is 5.92 Å². The Hall–Kier alpha value is -1.91. The first kappa shape index (κ1) is 14.5. The summed E-state index contributed by atoms with van der Waals surface area (Å²) >= 11 is 0. The molecule has 1 fully saturated rings. The predicted molar refractivity (Wildman–Crippen MR) is 71.7 cm³/mol. The first-order chi connectivity index (χ1) is 9.54. The summed E-state index contributed by atoms with van der Waals surface area (Å²) < 4.78 is 12.8. The molecule has 4 nitrogen and oxygen atoms in total. The van der Waals surface area contributed by atoms with Crippen LogP contribution in [-0.4, -0.2) is 35.0 Å². The number of rotatable bonds is 4. The van der Waals surface area contributed by atoms with Crippen LogP contribution in [0.2, 0.25) is 0 Å². The normalized spacial score (nSPS) is 18.9. The number of piperidine rings is 1. The maximum Gasteiger partial charge on any atom is 0.303 e. The summed E-state index contributed by atoms with van der Waals surface area (Å²) in [5.41, 5.74) is 0.775. The molecule has 0 saturated carbocycles. The van der Waals surface area contributed by atoms with Gasteiger partial charge >= 0.3 is 5.97 Å². The zero-order chi connectivity index (χ0) is 14.5. The number of nitrogens with zero attached hydrogens (tertiary/aromatic N) is 1. The summed E-state index contributed by atoms with van der Waals surface area (Å²) in [5.74, 6) is -1.12. The van der Waals surface area contributed by atoms with E-state index in [9.17, 15) is 14.0 Å². The number of hydrogen-bond acceptors (Lipinski definition) is 2. The van der Waals surface area contributed by atoms with Crippen molar-refractivity contribution >= 4 is 11.9 Å². The minimum Gasteiger partial charge on any atom is -0.481 e. The first-order valence-corrected chi connectivity index (χ1v) is 6.78. The van der Waals surface area contributed by atoms with Crippen LogP contribution >= 0.6 is 0 Å². The SMILES string of the molecule is O=C(O)CC1CCCN(C(=O)Cc2ccc(F)cc2)C1. The lowest BCUT2D eigenvalue weighted by Gasteiger charge is -2.32. The quantitative estimate of drug-likeness (QED) is 0.918. The van der Waals surface area contributed by atoms with Crippen molar-refractivity contribution in [3.05, 3.63) is 35.6 Å². The second kappa shape index (κ2) is 6.50. The van der Waals surface area contributed by atoms with E-state index in [4.69, 9.17) is 5.11 Å². The monoisotopic (exact) mass is 279 g/mol. The minimum atomic E-state index is -0.817. The van der Waals surface area contributed by atoms with Crippen LogP contribution in [0.5, 0.6) is 0 Å². The number of amides is 1. The van der Waals surface area contributed by atoms with Crippen LogP contribution in [0.3, 0.4) is 0 Å². The fourth-order valence-corrected chi connectivity index (χ4v) is 2.59. The molecule has 1 aliphatic heterocycles. The summed E-state index contributed by atoms with van der Waals surface area (Å²) in [6.45, 7) is 1.18. The van der Waals surface area contributed by atoms with Crippen LogP contribution in [0.25, 0.3) is 0 Å². The van der Waals surface area contributed by atoms with Crippen molar-refractivity contribution < 1.29 is 19.1 Å². The van der Waals surface area contributed by atoms with Gasteiger partial charge in [-0.1, -0.05) is 12.1 Å². The average Bonchev–Trinajstić information content (AvgIpc) is 2.41. The topological polar surface area (TPSA) is 57.6 Å². The lowest BCUT2D eigenvalue weighted by molar-refractivity contribution is -0.140. The smallest absolute Gasteiger partial charge is 0.303 e. The van der Waals surface area contributed by atoms with Gasteiger partial charge in [0.15, 0.2) is 0 Å². The van der Waals surface area contributed by atoms with Gasteiger partial charge in [-0.05, 0) is 36.5 Å². The largest absolute Gasteiger partial charge is 0.481 e. The van der Waals surface area contributed by atoms with Crippen LogP contribution in [0.4, 0.5) is 4.39 Å². The maximum absolute atomic E-state index is 12.8. The fraction of sp³-hybridized carbons (Fsp3) is 0.467. The van der Waals surface area contributed by atoms with Crippen molar-refractivity contribution in [2.45, 2.75) is 25.7 Å². The van der Waals surface area contributed by atoms with Crippen molar-refractivity contribution in [3.63, 3.8) is 0 Å². The second-order valence-corrected chi connectivity index (χ2v) is 5.25. The third-order valence-corrected chi connectivity index (χ3v) is 3.60. The summed E-state index contributed by atoms with van der Waals surface area (Å²) in [6, 6.07) is 5.88. The zero-order valence-corrected chi connectivity index (χ0v) is 11.2. The molecule has 2 rings (SSSR count). The highest BCUT2D eigenvalue weighted by molar-refractivity contribution is 5.79. The molecule has 20 heavy (non-hydrogen) atoms. The number of carbonyl (C=O) groups excluding carboxylic acids is 1. The summed E-state index contributed by atoms with van der Waals surface area (Å²) in [4.78, 5) is 24.6. The van der Waals surface area contributed by atoms with Gasteiger partial charge in [0, 0.05) is 19.5 Å². The van der Waals surface area contributed by atoms with Gasteiger partial charge in [0.25, 0.3) is 0 Å². The van der Waals surface area contributed by atoms with E-state index in [1.54, 1.807) is 17.0 Å². The summed E-state index contributed by atoms with van der Waals surface area (Å²) in [6.07, 6.45) is 2.04. The van der Waals surface area contributed by atoms with Crippen LogP contribution < -0.4 is 0 Å². The number of carboxylic acid groups (broad SMARTS) is 1. The number of benzene rings is 1. The molecule has 0 spiro atoms. The Morgan fingerprint density at radius 2 is 2.00 bits per heavy atom. The number of hydrogen-bond donors (Lipinski definition) is 1. The number of likely N-dealkylation sites (tertiary alicyclic amines) is 1. The molecule has 0 aliphatic carbocycles. The Labute approximate surface area is 117 Å². The number of aliphatic carboxylic acids is 1. The third kappa shape index (κ3) is 4.05. The van der Waals surface area contributed by atoms with Gasteiger partial charge < -0.3 is 10.0 Å². The Morgan fingerprint density at radius 1 is 1.30 bits per heavy atom. The summed E-state index contributed by atoms with van der Waals surface area (Å²) in [7, 11) is 0. The predicted octanol–water partition coefficient (Wildman–Crippen LogP) is 2.08. The zero-order valence-electron chi connectivity index (χ0n) is 11.2. The van der Waals surface area contributed by atoms with Crippen molar-refractivity contribution in [2.75, 3.05) is 13.1 Å². The molecular weight excluding hydrogens is 261 g/mol. The highest BCUT2D eigenvalue weighted by Gasteiger charge is 2.25. The van der Waals surface area contributed by atoms with E-state index < -0.39 is 5.97 Å². The molecule has 1 aromatic rings. The van der Waals surface area contributed by atoms with E-state index in [2.05, 4.69) is 0 Å². The molecule has 1 atom stereocenters. The lowest BCUT2D eigenvalue weighted by atomic mass is 9.94. The third-order valence-electron chi connectivity index (χ3n) is 3.60. The highest BCUT2D eigenvalue weighted by atomic mass is 19.1. The Balaban J connectivity index is 1.91. The molecule has 1 saturated heterocycles. The molecule has 108 valence electrons. The van der Waals surface area contributed by atoms with E-state index in [1.807, 2.05) is 0 Å². The number of halogens is 1. The molecular formula is C15H18FNO3. The van der Waals surface area contributed by atoms with Gasteiger partial charge in [0.1, 0.15) is 5.82 Å². The molecule has 1 aliphatic rings. The maximum atomic E-state index is 12.8. The molecule has 1 unspecified atom stereocenters. The van der Waals surface area contributed by atoms with Crippen LogP contribution in [0.1, 0.15) is 24.8 Å². The van der Waals surface area contributed by atoms with Gasteiger partial charge in [-0.3, -0.25) is 9.59 Å². The van der Waals surface area contributed by atoms with E-state index in [0.717, 1.165) is 18.4 Å². The first-order valence-electron chi connectivity index (χ1n) is 6.78. The van der Waals surface area contributed by atoms with Crippen LogP contribution in [-0.2, 0) is 16.0 Å². The van der Waals surface area contributed by atoms with Gasteiger partial charge in [0.2, 0.25) is 5.91 Å². The highest BCUT2D eigenvalue weighted by Crippen LogP contribution is 2.20. The van der Waals surface area contributed by atoms with Gasteiger partial charge in [-0.2, -0.15) is 0 Å². The van der Waals surface area contributed by atoms with E-state index in [-0.39, 0.29) is 30.5 Å². The molecule has 5 heteroatoms. The Bertz CT molecular complexity index is 486. The van der Waals surface area contributed by atoms with E-state index >= 15 is 0 Å². The van der Waals surface area contributed by atoms with Crippen LogP contribution in [0.15, 0.2) is 24.3 Å². The molecule has 1 heterocycles. The van der Waals surface area contributed by atoms with Gasteiger partial charge in [-0.15, -0.1) is 0 Å². The fourth-order valence-electron chi connectivity index (χ4n) is 2.59. The summed E-state index contributed by atoms with van der Waals surface area (Å²) in [5, 5.41) is 8.81. The minimum absolute atomic E-state index is 0.0216. The molecule has 1 aromatic carbocycles. The molecule has 0 radical (unpaired) electrons. The van der Waals surface area contributed by atoms with E-state index in [1.165, 1.54) is 12.1 Å². The molecule has 1 amide bonds. The Morgan fingerprint density at radius 3 is 2.65 bits per heavy atom. The van der Waals surface area contributed by atoms with Crippen molar-refractivity contribution in [1.82, 2.24) is 4.90 Å².